The van der Waals surface area contributed by atoms with E-state index in [-0.39, 0.29) is 12.4 Å². The summed E-state index contributed by atoms with van der Waals surface area (Å²) < 4.78 is 0. The average molecular weight is 273 g/mol. The van der Waals surface area contributed by atoms with Crippen molar-refractivity contribution in [2.45, 2.75) is 24.8 Å². The molecule has 2 saturated heterocycles. The maximum absolute atomic E-state index is 5.93. The van der Waals surface area contributed by atoms with Gasteiger partial charge in [0.1, 0.15) is 0 Å². The minimum Gasteiger partial charge on any atom is -0.366 e. The van der Waals surface area contributed by atoms with E-state index in [2.05, 4.69) is 22.3 Å². The van der Waals surface area contributed by atoms with Crippen molar-refractivity contribution in [3.8, 4) is 0 Å². The van der Waals surface area contributed by atoms with Gasteiger partial charge in [0.25, 0.3) is 0 Å². The number of anilines is 1. The van der Waals surface area contributed by atoms with Crippen LogP contribution in [0.4, 0.5) is 5.69 Å². The van der Waals surface area contributed by atoms with Crippen LogP contribution in [0.25, 0.3) is 0 Å². The van der Waals surface area contributed by atoms with Gasteiger partial charge < -0.3 is 10.2 Å². The number of nitrogens with zero attached hydrogens (tertiary/aromatic N) is 1. The predicted octanol–water partition coefficient (Wildman–Crippen LogP) is 3.09. The Morgan fingerprint density at radius 3 is 2.24 bits per heavy atom. The molecule has 2 aliphatic rings. The molecule has 4 heteroatoms. The highest BCUT2D eigenvalue weighted by Gasteiger charge is 2.44. The third-order valence-corrected chi connectivity index (χ3v) is 4.30. The van der Waals surface area contributed by atoms with E-state index in [1.165, 1.54) is 31.5 Å². The zero-order valence-electron chi connectivity index (χ0n) is 9.79. The molecule has 0 aromatic heterocycles. The van der Waals surface area contributed by atoms with E-state index in [4.69, 9.17) is 11.6 Å². The van der Waals surface area contributed by atoms with E-state index in [1.54, 1.807) is 0 Å². The number of hydrogen-bond donors (Lipinski definition) is 1. The average Bonchev–Trinajstić information content (AvgIpc) is 2.32. The van der Waals surface area contributed by atoms with Crippen LogP contribution in [0.3, 0.4) is 0 Å². The lowest BCUT2D eigenvalue weighted by Gasteiger charge is -2.56. The first-order chi connectivity index (χ1) is 7.80. The van der Waals surface area contributed by atoms with Gasteiger partial charge in [-0.05, 0) is 56.6 Å². The molecule has 1 N–H and O–H groups in total. The van der Waals surface area contributed by atoms with Crippen LogP contribution < -0.4 is 10.2 Å². The second-order valence-electron chi connectivity index (χ2n) is 4.85. The van der Waals surface area contributed by atoms with Gasteiger partial charge in [-0.1, -0.05) is 11.6 Å². The second-order valence-corrected chi connectivity index (χ2v) is 5.29. The van der Waals surface area contributed by atoms with Crippen LogP contribution >= 0.6 is 24.0 Å². The highest BCUT2D eigenvalue weighted by atomic mass is 35.5. The normalized spacial score (nSPS) is 21.8. The van der Waals surface area contributed by atoms with Crippen molar-refractivity contribution in [1.29, 1.82) is 0 Å². The van der Waals surface area contributed by atoms with Crippen molar-refractivity contribution in [3.63, 3.8) is 0 Å². The molecule has 1 spiro atoms. The molecule has 0 radical (unpaired) electrons. The molecule has 2 heterocycles. The molecule has 1 aromatic rings. The summed E-state index contributed by atoms with van der Waals surface area (Å²) in [4.78, 5) is 2.56. The lowest BCUT2D eigenvalue weighted by atomic mass is 9.76. The Bertz CT molecular complexity index is 372. The van der Waals surface area contributed by atoms with Gasteiger partial charge in [0.05, 0.1) is 0 Å². The van der Waals surface area contributed by atoms with E-state index < -0.39 is 0 Å². The smallest absolute Gasteiger partial charge is 0.0443 e. The number of nitrogens with one attached hydrogen (secondary N) is 1. The van der Waals surface area contributed by atoms with Crippen LogP contribution in [0, 0.1) is 0 Å². The molecule has 0 aliphatic carbocycles. The molecule has 2 fully saturated rings. The van der Waals surface area contributed by atoms with Crippen molar-refractivity contribution in [1.82, 2.24) is 5.32 Å². The summed E-state index contributed by atoms with van der Waals surface area (Å²) in [5.74, 6) is 0. The molecule has 0 amide bonds. The van der Waals surface area contributed by atoms with Crippen LogP contribution in [0.5, 0.6) is 0 Å². The number of halogens is 2. The molecular weight excluding hydrogens is 255 g/mol. The van der Waals surface area contributed by atoms with Gasteiger partial charge in [-0.3, -0.25) is 0 Å². The summed E-state index contributed by atoms with van der Waals surface area (Å²) in [5.41, 5.74) is 1.77. The number of hydrogen-bond acceptors (Lipinski definition) is 2. The first kappa shape index (κ1) is 13.0. The maximum atomic E-state index is 5.93. The molecule has 0 saturated carbocycles. The first-order valence-electron chi connectivity index (χ1n) is 6.04. The predicted molar refractivity (Wildman–Crippen MR) is 75.5 cm³/mol. The fourth-order valence-electron chi connectivity index (χ4n) is 2.98. The monoisotopic (exact) mass is 272 g/mol. The molecule has 94 valence electrons. The van der Waals surface area contributed by atoms with Crippen molar-refractivity contribution >= 4 is 29.7 Å². The topological polar surface area (TPSA) is 15.3 Å². The molecule has 0 bridgehead atoms. The summed E-state index contributed by atoms with van der Waals surface area (Å²) in [7, 11) is 0. The zero-order valence-corrected chi connectivity index (χ0v) is 11.4. The van der Waals surface area contributed by atoms with Crippen molar-refractivity contribution in [2.24, 2.45) is 0 Å². The molecule has 3 rings (SSSR count). The molecule has 2 aliphatic heterocycles. The second kappa shape index (κ2) is 5.05. The summed E-state index contributed by atoms with van der Waals surface area (Å²) in [6.45, 7) is 3.51. The maximum Gasteiger partial charge on any atom is 0.0443 e. The van der Waals surface area contributed by atoms with E-state index in [0.29, 0.717) is 5.54 Å². The molecule has 17 heavy (non-hydrogen) atoms. The van der Waals surface area contributed by atoms with Crippen LogP contribution in [0.2, 0.25) is 5.02 Å². The van der Waals surface area contributed by atoms with Gasteiger partial charge in [0.15, 0.2) is 0 Å². The summed E-state index contributed by atoms with van der Waals surface area (Å²) in [6.07, 6.45) is 3.89. The van der Waals surface area contributed by atoms with Gasteiger partial charge in [0, 0.05) is 22.8 Å². The Morgan fingerprint density at radius 2 is 1.71 bits per heavy atom. The third kappa shape index (κ3) is 2.26. The summed E-state index contributed by atoms with van der Waals surface area (Å²) >= 11 is 5.93. The Hall–Kier alpha value is -0.440. The number of benzene rings is 1. The summed E-state index contributed by atoms with van der Waals surface area (Å²) in [5, 5.41) is 4.26. The Kier molecular flexibility index (Phi) is 3.86. The highest BCUT2D eigenvalue weighted by Crippen LogP contribution is 2.41. The molecule has 1 aromatic carbocycles. The molecular formula is C13H18Cl2N2. The highest BCUT2D eigenvalue weighted by molar-refractivity contribution is 6.30. The SMILES string of the molecule is Cl.Clc1ccc(N2CCC23CCNCC3)cc1. The Labute approximate surface area is 114 Å². The largest absolute Gasteiger partial charge is 0.366 e. The van der Waals surface area contributed by atoms with Crippen molar-refractivity contribution < 1.29 is 0 Å². The molecule has 0 unspecified atom stereocenters. The van der Waals surface area contributed by atoms with Crippen molar-refractivity contribution in [3.05, 3.63) is 29.3 Å². The Morgan fingerprint density at radius 1 is 1.06 bits per heavy atom. The van der Waals surface area contributed by atoms with Crippen LogP contribution in [-0.4, -0.2) is 25.2 Å². The summed E-state index contributed by atoms with van der Waals surface area (Å²) in [6, 6.07) is 8.27. The van der Waals surface area contributed by atoms with Gasteiger partial charge >= 0.3 is 0 Å². The lowest BCUT2D eigenvalue weighted by Crippen LogP contribution is -2.64. The van der Waals surface area contributed by atoms with Crippen LogP contribution in [0.1, 0.15) is 19.3 Å². The first-order valence-corrected chi connectivity index (χ1v) is 6.42. The zero-order chi connectivity index (χ0) is 11.0. The van der Waals surface area contributed by atoms with E-state index >= 15 is 0 Å². The fraction of sp³-hybridized carbons (Fsp3) is 0.538. The lowest BCUT2D eigenvalue weighted by molar-refractivity contribution is 0.206. The van der Waals surface area contributed by atoms with Gasteiger partial charge in [-0.25, -0.2) is 0 Å². The van der Waals surface area contributed by atoms with Gasteiger partial charge in [-0.2, -0.15) is 0 Å². The number of rotatable bonds is 1. The standard InChI is InChI=1S/C13H17ClN2.ClH/c14-11-1-3-12(4-2-11)16-10-7-13(16)5-8-15-9-6-13;/h1-4,15H,5-10H2;1H. The van der Waals surface area contributed by atoms with E-state index in [1.807, 2.05) is 12.1 Å². The molecule has 2 nitrogen and oxygen atoms in total. The van der Waals surface area contributed by atoms with Crippen LogP contribution in [-0.2, 0) is 0 Å². The molecule has 0 atom stereocenters. The third-order valence-electron chi connectivity index (χ3n) is 4.05. The van der Waals surface area contributed by atoms with Gasteiger partial charge in [0.2, 0.25) is 0 Å². The van der Waals surface area contributed by atoms with Crippen molar-refractivity contribution in [2.75, 3.05) is 24.5 Å². The van der Waals surface area contributed by atoms with E-state index in [0.717, 1.165) is 18.1 Å². The van der Waals surface area contributed by atoms with Gasteiger partial charge in [-0.15, -0.1) is 12.4 Å². The number of piperidine rings is 1. The minimum absolute atomic E-state index is 0. The quantitative estimate of drug-likeness (QED) is 0.845. The van der Waals surface area contributed by atoms with E-state index in [9.17, 15) is 0 Å². The minimum atomic E-state index is 0. The Balaban J connectivity index is 0.00000108. The van der Waals surface area contributed by atoms with Crippen LogP contribution in [0.15, 0.2) is 24.3 Å². The fourth-order valence-corrected chi connectivity index (χ4v) is 3.10.